The molecule has 4 nitrogen and oxygen atoms in total. The lowest BCUT2D eigenvalue weighted by atomic mass is 10.1. The number of aliphatic hydroxyl groups excluding tert-OH is 1. The summed E-state index contributed by atoms with van der Waals surface area (Å²) < 4.78 is 0.0870. The number of aliphatic hydroxyl groups is 1. The molecule has 1 unspecified atom stereocenters. The Labute approximate surface area is 165 Å². The van der Waals surface area contributed by atoms with Crippen LogP contribution in [0, 0.1) is 0 Å². The zero-order valence-corrected chi connectivity index (χ0v) is 18.0. The van der Waals surface area contributed by atoms with Gasteiger partial charge in [0, 0.05) is 28.4 Å². The smallest absolute Gasteiger partial charge is 0.191 e. The third-order valence-corrected chi connectivity index (χ3v) is 4.82. The molecule has 0 saturated heterocycles. The molecule has 0 aliphatic rings. The first kappa shape index (κ1) is 22.8. The molecule has 0 aliphatic carbocycles. The van der Waals surface area contributed by atoms with Crippen molar-refractivity contribution in [2.24, 2.45) is 4.99 Å². The van der Waals surface area contributed by atoms with Gasteiger partial charge in [-0.2, -0.15) is 11.8 Å². The summed E-state index contributed by atoms with van der Waals surface area (Å²) in [4.78, 5) is 4.57. The quantitative estimate of drug-likeness (QED) is 0.322. The minimum atomic E-state index is -0.675. The summed E-state index contributed by atoms with van der Waals surface area (Å²) in [5, 5.41) is 17.2. The number of nitrogens with zero attached hydrogens (tertiary/aromatic N) is 1. The van der Waals surface area contributed by atoms with Crippen LogP contribution in [0.25, 0.3) is 0 Å². The molecule has 0 heterocycles. The van der Waals surface area contributed by atoms with Crippen LogP contribution in [0.3, 0.4) is 0 Å². The van der Waals surface area contributed by atoms with Crippen LogP contribution in [0.15, 0.2) is 29.3 Å². The van der Waals surface area contributed by atoms with Gasteiger partial charge in [0.1, 0.15) is 0 Å². The van der Waals surface area contributed by atoms with Crippen molar-refractivity contribution in [3.8, 4) is 0 Å². The van der Waals surface area contributed by atoms with E-state index in [4.69, 9.17) is 11.6 Å². The molecule has 23 heavy (non-hydrogen) atoms. The van der Waals surface area contributed by atoms with E-state index in [1.165, 1.54) is 0 Å². The molecule has 1 aromatic rings. The van der Waals surface area contributed by atoms with Gasteiger partial charge in [0.25, 0.3) is 0 Å². The first-order valence-corrected chi connectivity index (χ1v) is 8.99. The summed E-state index contributed by atoms with van der Waals surface area (Å²) in [5.74, 6) is 0.704. The molecule has 132 valence electrons. The predicted molar refractivity (Wildman–Crippen MR) is 113 cm³/mol. The van der Waals surface area contributed by atoms with E-state index in [0.29, 0.717) is 24.1 Å². The summed E-state index contributed by atoms with van der Waals surface area (Å²) in [6.07, 6.45) is 1.41. The summed E-state index contributed by atoms with van der Waals surface area (Å²) in [6, 6.07) is 7.32. The molecular weight excluding hydrogens is 445 g/mol. The van der Waals surface area contributed by atoms with Crippen LogP contribution in [0.4, 0.5) is 0 Å². The molecule has 0 bridgehead atoms. The molecule has 1 rings (SSSR count). The molecular formula is C16H27ClIN3OS. The lowest BCUT2D eigenvalue weighted by molar-refractivity contribution is 0.181. The van der Waals surface area contributed by atoms with Gasteiger partial charge < -0.3 is 15.7 Å². The molecule has 3 N–H and O–H groups in total. The van der Waals surface area contributed by atoms with Crippen molar-refractivity contribution in [2.45, 2.75) is 31.6 Å². The Morgan fingerprint density at radius 2 is 2.00 bits per heavy atom. The normalized spacial score (nSPS) is 13.2. The van der Waals surface area contributed by atoms with E-state index < -0.39 is 6.10 Å². The van der Waals surface area contributed by atoms with Crippen molar-refractivity contribution in [3.63, 3.8) is 0 Å². The van der Waals surface area contributed by atoms with Crippen molar-refractivity contribution < 1.29 is 5.11 Å². The van der Waals surface area contributed by atoms with E-state index in [9.17, 15) is 5.11 Å². The Balaban J connectivity index is 0.00000484. The van der Waals surface area contributed by atoms with Gasteiger partial charge in [-0.15, -0.1) is 24.0 Å². The largest absolute Gasteiger partial charge is 0.387 e. The standard InChI is InChI=1S/C16H26ClN3OS.HI/c1-5-18-15(20-11-16(2,3)22-4)19-10-14(21)12-8-6-7-9-13(12)17;/h6-9,14,21H,5,10-11H2,1-4H3,(H2,18,19,20);1H. The van der Waals surface area contributed by atoms with E-state index >= 15 is 0 Å². The van der Waals surface area contributed by atoms with Crippen LogP contribution in [0.5, 0.6) is 0 Å². The zero-order chi connectivity index (χ0) is 16.6. The maximum Gasteiger partial charge on any atom is 0.191 e. The van der Waals surface area contributed by atoms with Crippen molar-refractivity contribution >= 4 is 53.3 Å². The molecule has 7 heteroatoms. The zero-order valence-electron chi connectivity index (χ0n) is 14.1. The second-order valence-corrected chi connectivity index (χ2v) is 7.50. The minimum Gasteiger partial charge on any atom is -0.387 e. The summed E-state index contributed by atoms with van der Waals surface area (Å²) in [7, 11) is 0. The number of halogens is 2. The van der Waals surface area contributed by atoms with Crippen molar-refractivity contribution in [1.29, 1.82) is 0 Å². The van der Waals surface area contributed by atoms with E-state index in [-0.39, 0.29) is 28.7 Å². The molecule has 0 aliphatic heterocycles. The second kappa shape index (κ2) is 11.4. The van der Waals surface area contributed by atoms with E-state index in [2.05, 4.69) is 35.7 Å². The molecule has 0 saturated carbocycles. The average molecular weight is 472 g/mol. The average Bonchev–Trinajstić information content (AvgIpc) is 2.50. The van der Waals surface area contributed by atoms with Crippen molar-refractivity contribution in [2.75, 3.05) is 25.9 Å². The van der Waals surface area contributed by atoms with Gasteiger partial charge in [0.15, 0.2) is 5.96 Å². The topological polar surface area (TPSA) is 56.7 Å². The monoisotopic (exact) mass is 471 g/mol. The number of guanidine groups is 1. The predicted octanol–water partition coefficient (Wildman–Crippen LogP) is 3.69. The highest BCUT2D eigenvalue weighted by Gasteiger charge is 2.16. The van der Waals surface area contributed by atoms with Crippen molar-refractivity contribution in [1.82, 2.24) is 10.6 Å². The third-order valence-electron chi connectivity index (χ3n) is 3.24. The van der Waals surface area contributed by atoms with Crippen LogP contribution in [-0.4, -0.2) is 41.7 Å². The van der Waals surface area contributed by atoms with Crippen LogP contribution >= 0.6 is 47.3 Å². The van der Waals surface area contributed by atoms with E-state index in [1.807, 2.05) is 25.1 Å². The maximum atomic E-state index is 10.3. The summed E-state index contributed by atoms with van der Waals surface area (Å²) in [5.41, 5.74) is 0.719. The third kappa shape index (κ3) is 8.47. The molecule has 1 atom stereocenters. The lowest BCUT2D eigenvalue weighted by Gasteiger charge is -2.21. The van der Waals surface area contributed by atoms with Gasteiger partial charge in [-0.25, -0.2) is 0 Å². The van der Waals surface area contributed by atoms with Crippen LogP contribution in [-0.2, 0) is 0 Å². The van der Waals surface area contributed by atoms with Crippen molar-refractivity contribution in [3.05, 3.63) is 34.9 Å². The molecule has 0 radical (unpaired) electrons. The Hall–Kier alpha value is -0.180. The van der Waals surface area contributed by atoms with Crippen LogP contribution < -0.4 is 10.6 Å². The van der Waals surface area contributed by atoms with E-state index in [0.717, 1.165) is 12.1 Å². The highest BCUT2D eigenvalue weighted by Crippen LogP contribution is 2.22. The number of aliphatic imine (C=N–C) groups is 1. The van der Waals surface area contributed by atoms with E-state index in [1.54, 1.807) is 17.8 Å². The van der Waals surface area contributed by atoms with Crippen LogP contribution in [0.1, 0.15) is 32.4 Å². The summed E-state index contributed by atoms with van der Waals surface area (Å²) >= 11 is 7.88. The molecule has 1 aromatic carbocycles. The summed E-state index contributed by atoms with van der Waals surface area (Å²) in [6.45, 7) is 8.16. The van der Waals surface area contributed by atoms with Gasteiger partial charge >= 0.3 is 0 Å². The molecule has 0 aromatic heterocycles. The first-order chi connectivity index (χ1) is 10.4. The van der Waals surface area contributed by atoms with Crippen LogP contribution in [0.2, 0.25) is 5.02 Å². The Morgan fingerprint density at radius 3 is 2.57 bits per heavy atom. The SMILES string of the molecule is CCNC(=NCC(C)(C)SC)NCC(O)c1ccccc1Cl.I. The fourth-order valence-electron chi connectivity index (χ4n) is 1.72. The molecule has 0 spiro atoms. The number of hydrogen-bond acceptors (Lipinski definition) is 3. The molecule has 0 amide bonds. The second-order valence-electron chi connectivity index (χ2n) is 5.58. The highest BCUT2D eigenvalue weighted by atomic mass is 127. The number of rotatable bonds is 7. The molecule has 0 fully saturated rings. The fraction of sp³-hybridized carbons (Fsp3) is 0.562. The Kier molecular flexibility index (Phi) is 11.3. The van der Waals surface area contributed by atoms with Gasteiger partial charge in [0.2, 0.25) is 0 Å². The maximum absolute atomic E-state index is 10.3. The number of hydrogen-bond donors (Lipinski definition) is 3. The Morgan fingerprint density at radius 1 is 1.35 bits per heavy atom. The first-order valence-electron chi connectivity index (χ1n) is 7.39. The number of thioether (sulfide) groups is 1. The number of benzene rings is 1. The van der Waals surface area contributed by atoms with Gasteiger partial charge in [-0.05, 0) is 33.1 Å². The van der Waals surface area contributed by atoms with Gasteiger partial charge in [0.05, 0.1) is 12.6 Å². The Bertz CT molecular complexity index is 500. The van der Waals surface area contributed by atoms with Gasteiger partial charge in [-0.1, -0.05) is 29.8 Å². The highest BCUT2D eigenvalue weighted by molar-refractivity contribution is 14.0. The fourth-order valence-corrected chi connectivity index (χ4v) is 2.18. The number of nitrogens with one attached hydrogen (secondary N) is 2. The van der Waals surface area contributed by atoms with Gasteiger partial charge in [-0.3, -0.25) is 4.99 Å². The minimum absolute atomic E-state index is 0. The lowest BCUT2D eigenvalue weighted by Crippen LogP contribution is -2.40.